The largest absolute Gasteiger partial charge is 0.355 e. The molecule has 0 atom stereocenters. The third kappa shape index (κ3) is 3.51. The van der Waals surface area contributed by atoms with E-state index in [4.69, 9.17) is 23.2 Å². The van der Waals surface area contributed by atoms with Crippen molar-refractivity contribution in [3.05, 3.63) is 77.0 Å². The SMILES string of the molecule is Clc1ccc(Nc2ccc(Nn3cccc3)cc2)cc1Cl. The van der Waals surface area contributed by atoms with E-state index in [2.05, 4.69) is 10.7 Å². The smallest absolute Gasteiger partial charge is 0.0612 e. The average Bonchev–Trinajstić information content (AvgIpc) is 2.98. The van der Waals surface area contributed by atoms with E-state index in [0.29, 0.717) is 10.0 Å². The minimum atomic E-state index is 0.535. The van der Waals surface area contributed by atoms with Crippen molar-refractivity contribution in [3.8, 4) is 0 Å². The molecule has 0 amide bonds. The van der Waals surface area contributed by atoms with Crippen molar-refractivity contribution in [2.24, 2.45) is 0 Å². The Morgan fingerprint density at radius 2 is 1.33 bits per heavy atom. The molecule has 3 nitrogen and oxygen atoms in total. The lowest BCUT2D eigenvalue weighted by Gasteiger charge is -2.10. The number of rotatable bonds is 4. The monoisotopic (exact) mass is 317 g/mol. The highest BCUT2D eigenvalue weighted by Gasteiger charge is 2.00. The Balaban J connectivity index is 1.70. The minimum Gasteiger partial charge on any atom is -0.355 e. The normalized spacial score (nSPS) is 10.4. The van der Waals surface area contributed by atoms with Crippen LogP contribution in [-0.2, 0) is 0 Å². The summed E-state index contributed by atoms with van der Waals surface area (Å²) in [6.45, 7) is 0. The molecule has 0 saturated heterocycles. The minimum absolute atomic E-state index is 0.535. The molecule has 1 heterocycles. The van der Waals surface area contributed by atoms with Gasteiger partial charge in [-0.15, -0.1) is 0 Å². The van der Waals surface area contributed by atoms with Crippen LogP contribution in [0.15, 0.2) is 67.0 Å². The standard InChI is InChI=1S/C16H13Cl2N3/c17-15-8-7-14(11-16(15)18)19-12-3-5-13(6-4-12)20-21-9-1-2-10-21/h1-11,19-20H. The molecule has 0 aliphatic carbocycles. The predicted molar refractivity (Wildman–Crippen MR) is 89.6 cm³/mol. The maximum absolute atomic E-state index is 6.00. The van der Waals surface area contributed by atoms with Gasteiger partial charge in [0.05, 0.1) is 15.7 Å². The van der Waals surface area contributed by atoms with Crippen molar-refractivity contribution in [2.45, 2.75) is 0 Å². The molecule has 2 N–H and O–H groups in total. The van der Waals surface area contributed by atoms with Gasteiger partial charge in [0, 0.05) is 23.8 Å². The number of nitrogens with one attached hydrogen (secondary N) is 2. The van der Waals surface area contributed by atoms with E-state index in [0.717, 1.165) is 17.1 Å². The molecule has 3 aromatic rings. The first-order valence-corrected chi connectivity index (χ1v) is 7.18. The molecule has 0 unspecified atom stereocenters. The Hall–Kier alpha value is -2.10. The molecule has 21 heavy (non-hydrogen) atoms. The summed E-state index contributed by atoms with van der Waals surface area (Å²) in [6.07, 6.45) is 3.89. The van der Waals surface area contributed by atoms with Crippen molar-refractivity contribution in [2.75, 3.05) is 10.7 Å². The summed E-state index contributed by atoms with van der Waals surface area (Å²) in [4.78, 5) is 0. The summed E-state index contributed by atoms with van der Waals surface area (Å²) < 4.78 is 1.89. The van der Waals surface area contributed by atoms with Crippen LogP contribution in [0.5, 0.6) is 0 Å². The zero-order valence-corrected chi connectivity index (χ0v) is 12.6. The molecule has 0 radical (unpaired) electrons. The summed E-state index contributed by atoms with van der Waals surface area (Å²) in [5, 5.41) is 4.36. The van der Waals surface area contributed by atoms with Crippen molar-refractivity contribution in [3.63, 3.8) is 0 Å². The molecule has 2 aromatic carbocycles. The first kappa shape index (κ1) is 13.9. The number of anilines is 3. The van der Waals surface area contributed by atoms with Crippen LogP contribution in [0.2, 0.25) is 10.0 Å². The molecular weight excluding hydrogens is 305 g/mol. The molecule has 0 spiro atoms. The summed E-state index contributed by atoms with van der Waals surface area (Å²) in [5.41, 5.74) is 6.12. The molecular formula is C16H13Cl2N3. The van der Waals surface area contributed by atoms with E-state index in [1.54, 1.807) is 12.1 Å². The van der Waals surface area contributed by atoms with E-state index in [1.807, 2.05) is 59.5 Å². The highest BCUT2D eigenvalue weighted by Crippen LogP contribution is 2.27. The number of nitrogens with zero attached hydrogens (tertiary/aromatic N) is 1. The van der Waals surface area contributed by atoms with Gasteiger partial charge in [0.1, 0.15) is 0 Å². The third-order valence-corrected chi connectivity index (χ3v) is 3.69. The quantitative estimate of drug-likeness (QED) is 0.673. The highest BCUT2D eigenvalue weighted by molar-refractivity contribution is 6.42. The second-order valence-electron chi connectivity index (χ2n) is 4.53. The van der Waals surface area contributed by atoms with Crippen LogP contribution >= 0.6 is 23.2 Å². The summed E-state index contributed by atoms with van der Waals surface area (Å²) >= 11 is 11.9. The molecule has 5 heteroatoms. The van der Waals surface area contributed by atoms with Gasteiger partial charge in [-0.1, -0.05) is 23.2 Å². The van der Waals surface area contributed by atoms with Gasteiger partial charge in [0.25, 0.3) is 0 Å². The lowest BCUT2D eigenvalue weighted by Crippen LogP contribution is -2.05. The maximum atomic E-state index is 6.00. The molecule has 106 valence electrons. The molecule has 1 aromatic heterocycles. The van der Waals surface area contributed by atoms with Crippen LogP contribution < -0.4 is 10.7 Å². The molecule has 0 bridgehead atoms. The van der Waals surface area contributed by atoms with E-state index in [9.17, 15) is 0 Å². The number of hydrogen-bond acceptors (Lipinski definition) is 2. The van der Waals surface area contributed by atoms with E-state index < -0.39 is 0 Å². The number of hydrogen-bond donors (Lipinski definition) is 2. The maximum Gasteiger partial charge on any atom is 0.0612 e. The van der Waals surface area contributed by atoms with E-state index in [-0.39, 0.29) is 0 Å². The Morgan fingerprint density at radius 3 is 2.00 bits per heavy atom. The van der Waals surface area contributed by atoms with Gasteiger partial charge < -0.3 is 5.32 Å². The van der Waals surface area contributed by atoms with E-state index in [1.165, 1.54) is 0 Å². The van der Waals surface area contributed by atoms with Crippen molar-refractivity contribution in [1.82, 2.24) is 4.68 Å². The van der Waals surface area contributed by atoms with Gasteiger partial charge >= 0.3 is 0 Å². The first-order chi connectivity index (χ1) is 10.2. The van der Waals surface area contributed by atoms with Gasteiger partial charge in [-0.25, -0.2) is 0 Å². The first-order valence-electron chi connectivity index (χ1n) is 6.43. The van der Waals surface area contributed by atoms with Crippen molar-refractivity contribution in [1.29, 1.82) is 0 Å². The molecule has 0 aliphatic rings. The Bertz CT molecular complexity index is 722. The lowest BCUT2D eigenvalue weighted by atomic mass is 10.2. The van der Waals surface area contributed by atoms with Crippen LogP contribution in [0.25, 0.3) is 0 Å². The van der Waals surface area contributed by atoms with Gasteiger partial charge in [-0.2, -0.15) is 0 Å². The fraction of sp³-hybridized carbons (Fsp3) is 0. The second-order valence-corrected chi connectivity index (χ2v) is 5.35. The van der Waals surface area contributed by atoms with Gasteiger partial charge in [-0.3, -0.25) is 10.1 Å². The fourth-order valence-corrected chi connectivity index (χ4v) is 2.22. The summed E-state index contributed by atoms with van der Waals surface area (Å²) in [7, 11) is 0. The number of halogens is 2. The Labute approximate surface area is 133 Å². The highest BCUT2D eigenvalue weighted by atomic mass is 35.5. The van der Waals surface area contributed by atoms with Crippen LogP contribution in [-0.4, -0.2) is 4.68 Å². The summed E-state index contributed by atoms with van der Waals surface area (Å²) in [6, 6.07) is 17.4. The predicted octanol–water partition coefficient (Wildman–Crippen LogP) is 5.41. The molecule has 3 rings (SSSR count). The zero-order valence-electron chi connectivity index (χ0n) is 11.1. The Kier molecular flexibility index (Phi) is 4.04. The molecule has 0 saturated carbocycles. The molecule has 0 fully saturated rings. The van der Waals surface area contributed by atoms with Gasteiger partial charge in [0.2, 0.25) is 0 Å². The number of benzene rings is 2. The second kappa shape index (κ2) is 6.12. The lowest BCUT2D eigenvalue weighted by molar-refractivity contribution is 0.971. The van der Waals surface area contributed by atoms with Crippen molar-refractivity contribution < 1.29 is 0 Å². The summed E-state index contributed by atoms with van der Waals surface area (Å²) in [5.74, 6) is 0. The van der Waals surface area contributed by atoms with Gasteiger partial charge in [-0.05, 0) is 54.6 Å². The Morgan fingerprint density at radius 1 is 0.714 bits per heavy atom. The van der Waals surface area contributed by atoms with Crippen LogP contribution in [0.1, 0.15) is 0 Å². The van der Waals surface area contributed by atoms with Crippen molar-refractivity contribution >= 4 is 40.3 Å². The number of aromatic nitrogens is 1. The average molecular weight is 318 g/mol. The third-order valence-electron chi connectivity index (χ3n) is 2.96. The van der Waals surface area contributed by atoms with Crippen LogP contribution in [0.4, 0.5) is 17.1 Å². The fourth-order valence-electron chi connectivity index (χ4n) is 1.93. The zero-order chi connectivity index (χ0) is 14.7. The van der Waals surface area contributed by atoms with Crippen LogP contribution in [0, 0.1) is 0 Å². The van der Waals surface area contributed by atoms with E-state index >= 15 is 0 Å². The van der Waals surface area contributed by atoms with Crippen LogP contribution in [0.3, 0.4) is 0 Å². The van der Waals surface area contributed by atoms with Gasteiger partial charge in [0.15, 0.2) is 0 Å². The topological polar surface area (TPSA) is 29.0 Å². The molecule has 0 aliphatic heterocycles.